The number of hydrogen-bond donors (Lipinski definition) is 1. The van der Waals surface area contributed by atoms with Crippen LogP contribution < -0.4 is 0 Å². The number of rotatable bonds is 4. The zero-order chi connectivity index (χ0) is 11.5. The second-order valence-electron chi connectivity index (χ2n) is 3.76. The van der Waals surface area contributed by atoms with Crippen LogP contribution in [0.2, 0.25) is 0 Å². The molecule has 5 heteroatoms. The maximum Gasteiger partial charge on any atom is 0.391 e. The molecule has 0 fully saturated rings. The molecule has 1 N–H and O–H groups in total. The first-order valence-electron chi connectivity index (χ1n) is 4.44. The molecule has 3 atom stereocenters. The summed E-state index contributed by atoms with van der Waals surface area (Å²) in [5, 5.41) is 8.44. The van der Waals surface area contributed by atoms with E-state index in [1.165, 1.54) is 13.8 Å². The van der Waals surface area contributed by atoms with E-state index in [0.29, 0.717) is 0 Å². The smallest absolute Gasteiger partial charge is 0.391 e. The summed E-state index contributed by atoms with van der Waals surface area (Å²) in [5.74, 6) is -3.66. The first-order valence-corrected chi connectivity index (χ1v) is 4.44. The van der Waals surface area contributed by atoms with Crippen molar-refractivity contribution in [2.45, 2.75) is 33.4 Å². The molecule has 0 aliphatic carbocycles. The normalized spacial score (nSPS) is 18.7. The minimum atomic E-state index is -4.24. The Morgan fingerprint density at radius 1 is 1.29 bits per heavy atom. The monoisotopic (exact) mass is 212 g/mol. The number of alkyl halides is 3. The third-order valence-corrected chi connectivity index (χ3v) is 2.70. The molecule has 0 aromatic carbocycles. The van der Waals surface area contributed by atoms with Gasteiger partial charge in [-0.25, -0.2) is 0 Å². The van der Waals surface area contributed by atoms with Crippen LogP contribution in [0.25, 0.3) is 0 Å². The second kappa shape index (κ2) is 4.66. The van der Waals surface area contributed by atoms with Crippen LogP contribution >= 0.6 is 0 Å². The Morgan fingerprint density at radius 2 is 1.71 bits per heavy atom. The fraction of sp³-hybridized carbons (Fsp3) is 0.889. The average Bonchev–Trinajstić information content (AvgIpc) is 1.98. The van der Waals surface area contributed by atoms with Gasteiger partial charge in [-0.1, -0.05) is 20.8 Å². The summed E-state index contributed by atoms with van der Waals surface area (Å²) in [6.45, 7) is 4.05. The summed E-state index contributed by atoms with van der Waals surface area (Å²) in [6, 6.07) is 0. The van der Waals surface area contributed by atoms with Crippen LogP contribution in [0.15, 0.2) is 0 Å². The minimum absolute atomic E-state index is 0.221. The zero-order valence-corrected chi connectivity index (χ0v) is 8.43. The Kier molecular flexibility index (Phi) is 4.42. The van der Waals surface area contributed by atoms with Crippen molar-refractivity contribution in [2.75, 3.05) is 0 Å². The van der Waals surface area contributed by atoms with Crippen LogP contribution in [0.5, 0.6) is 0 Å². The summed E-state index contributed by atoms with van der Waals surface area (Å²) >= 11 is 0. The quantitative estimate of drug-likeness (QED) is 0.777. The van der Waals surface area contributed by atoms with Gasteiger partial charge < -0.3 is 5.11 Å². The van der Waals surface area contributed by atoms with E-state index in [1.807, 2.05) is 0 Å². The summed E-state index contributed by atoms with van der Waals surface area (Å²) < 4.78 is 36.7. The summed E-state index contributed by atoms with van der Waals surface area (Å²) in [7, 11) is 0. The Morgan fingerprint density at radius 3 is 2.00 bits per heavy atom. The molecular weight excluding hydrogens is 197 g/mol. The van der Waals surface area contributed by atoms with E-state index in [2.05, 4.69) is 0 Å². The number of halogens is 3. The number of carboxylic acids is 1. The lowest BCUT2D eigenvalue weighted by Gasteiger charge is -2.26. The number of carboxylic acid groups (broad SMARTS) is 1. The average molecular weight is 212 g/mol. The SMILES string of the molecule is CC(CC(=O)O)C(C)C(C)C(F)(F)F. The van der Waals surface area contributed by atoms with Crippen molar-refractivity contribution in [2.24, 2.45) is 17.8 Å². The van der Waals surface area contributed by atoms with E-state index in [-0.39, 0.29) is 6.42 Å². The van der Waals surface area contributed by atoms with Crippen molar-refractivity contribution in [3.63, 3.8) is 0 Å². The van der Waals surface area contributed by atoms with Crippen molar-refractivity contribution < 1.29 is 23.1 Å². The summed E-state index contributed by atoms with van der Waals surface area (Å²) in [4.78, 5) is 10.3. The Labute approximate surface area is 81.1 Å². The predicted octanol–water partition coefficient (Wildman–Crippen LogP) is 2.93. The van der Waals surface area contributed by atoms with Crippen LogP contribution in [0.3, 0.4) is 0 Å². The van der Waals surface area contributed by atoms with Crippen molar-refractivity contribution >= 4 is 5.97 Å². The maximum atomic E-state index is 12.2. The zero-order valence-electron chi connectivity index (χ0n) is 8.43. The largest absolute Gasteiger partial charge is 0.481 e. The molecule has 0 aliphatic rings. The van der Waals surface area contributed by atoms with E-state index in [0.717, 1.165) is 6.92 Å². The molecule has 3 unspecified atom stereocenters. The molecule has 0 bridgehead atoms. The van der Waals surface area contributed by atoms with E-state index >= 15 is 0 Å². The Balaban J connectivity index is 4.31. The lowest BCUT2D eigenvalue weighted by molar-refractivity contribution is -0.187. The molecule has 0 saturated carbocycles. The maximum absolute atomic E-state index is 12.2. The van der Waals surface area contributed by atoms with Crippen molar-refractivity contribution in [3.05, 3.63) is 0 Å². The van der Waals surface area contributed by atoms with E-state index in [9.17, 15) is 18.0 Å². The number of hydrogen-bond acceptors (Lipinski definition) is 1. The molecule has 0 saturated heterocycles. The predicted molar refractivity (Wildman–Crippen MR) is 45.8 cm³/mol. The topological polar surface area (TPSA) is 37.3 Å². The van der Waals surface area contributed by atoms with Crippen molar-refractivity contribution in [3.8, 4) is 0 Å². The first kappa shape index (κ1) is 13.3. The van der Waals surface area contributed by atoms with Gasteiger partial charge in [0.2, 0.25) is 0 Å². The summed E-state index contributed by atoms with van der Waals surface area (Å²) in [6.07, 6.45) is -4.46. The van der Waals surface area contributed by atoms with Crippen LogP contribution in [0.4, 0.5) is 13.2 Å². The van der Waals surface area contributed by atoms with Gasteiger partial charge in [0, 0.05) is 6.42 Å². The fourth-order valence-electron chi connectivity index (χ4n) is 1.25. The van der Waals surface area contributed by atoms with Gasteiger partial charge in [0.25, 0.3) is 0 Å². The van der Waals surface area contributed by atoms with Gasteiger partial charge in [-0.15, -0.1) is 0 Å². The molecule has 0 amide bonds. The molecule has 14 heavy (non-hydrogen) atoms. The van der Waals surface area contributed by atoms with Gasteiger partial charge in [0.15, 0.2) is 0 Å². The Bertz CT molecular complexity index is 201. The second-order valence-corrected chi connectivity index (χ2v) is 3.76. The van der Waals surface area contributed by atoms with E-state index in [1.54, 1.807) is 0 Å². The standard InChI is InChI=1S/C9H15F3O2/c1-5(4-8(13)14)6(2)7(3)9(10,11)12/h5-7H,4H2,1-3H3,(H,13,14). The molecule has 0 spiro atoms. The molecule has 0 aromatic heterocycles. The lowest BCUT2D eigenvalue weighted by atomic mass is 9.83. The van der Waals surface area contributed by atoms with Crippen LogP contribution in [-0.4, -0.2) is 17.3 Å². The molecule has 0 rings (SSSR count). The first-order chi connectivity index (χ1) is 6.16. The van der Waals surface area contributed by atoms with Gasteiger partial charge >= 0.3 is 12.1 Å². The third-order valence-electron chi connectivity index (χ3n) is 2.70. The highest BCUT2D eigenvalue weighted by molar-refractivity contribution is 5.66. The summed E-state index contributed by atoms with van der Waals surface area (Å²) in [5.41, 5.74) is 0. The van der Waals surface area contributed by atoms with Crippen molar-refractivity contribution in [1.82, 2.24) is 0 Å². The number of aliphatic carboxylic acids is 1. The lowest BCUT2D eigenvalue weighted by Crippen LogP contribution is -2.30. The molecular formula is C9H15F3O2. The minimum Gasteiger partial charge on any atom is -0.481 e. The van der Waals surface area contributed by atoms with E-state index in [4.69, 9.17) is 5.11 Å². The van der Waals surface area contributed by atoms with E-state index < -0.39 is 29.9 Å². The molecule has 2 nitrogen and oxygen atoms in total. The molecule has 0 aliphatic heterocycles. The number of carbonyl (C=O) groups is 1. The van der Waals surface area contributed by atoms with Gasteiger partial charge in [0.1, 0.15) is 0 Å². The molecule has 84 valence electrons. The van der Waals surface area contributed by atoms with Crippen LogP contribution in [0.1, 0.15) is 27.2 Å². The molecule has 0 radical (unpaired) electrons. The Hall–Kier alpha value is -0.740. The van der Waals surface area contributed by atoms with Gasteiger partial charge in [-0.05, 0) is 11.8 Å². The molecule has 0 aromatic rings. The fourth-order valence-corrected chi connectivity index (χ4v) is 1.25. The highest BCUT2D eigenvalue weighted by atomic mass is 19.4. The third kappa shape index (κ3) is 3.98. The van der Waals surface area contributed by atoms with Gasteiger partial charge in [-0.3, -0.25) is 4.79 Å². The van der Waals surface area contributed by atoms with Gasteiger partial charge in [-0.2, -0.15) is 13.2 Å². The highest BCUT2D eigenvalue weighted by Gasteiger charge is 2.41. The van der Waals surface area contributed by atoms with Crippen LogP contribution in [0, 0.1) is 17.8 Å². The van der Waals surface area contributed by atoms with Crippen LogP contribution in [-0.2, 0) is 4.79 Å². The van der Waals surface area contributed by atoms with Crippen molar-refractivity contribution in [1.29, 1.82) is 0 Å². The molecule has 0 heterocycles. The van der Waals surface area contributed by atoms with Gasteiger partial charge in [0.05, 0.1) is 5.92 Å². The highest BCUT2D eigenvalue weighted by Crippen LogP contribution is 2.35.